The molecule has 0 amide bonds. The summed E-state index contributed by atoms with van der Waals surface area (Å²) in [5.74, 6) is 0.348. The van der Waals surface area contributed by atoms with Crippen LogP contribution in [0.3, 0.4) is 0 Å². The van der Waals surface area contributed by atoms with Gasteiger partial charge < -0.3 is 15.2 Å². The standard InChI is InChI=1S/C17H25NO2/c1-14(19)10-17(16-7-3-2-4-8-16)12-18-11-15-6-5-9-20-13-15/h2-4,6-8,14,17-19H,5,9-13H2,1H3. The van der Waals surface area contributed by atoms with Gasteiger partial charge in [-0.1, -0.05) is 36.4 Å². The van der Waals surface area contributed by atoms with Gasteiger partial charge in [-0.25, -0.2) is 0 Å². The van der Waals surface area contributed by atoms with E-state index in [1.54, 1.807) is 0 Å². The fraction of sp³-hybridized carbons (Fsp3) is 0.529. The summed E-state index contributed by atoms with van der Waals surface area (Å²) >= 11 is 0. The largest absolute Gasteiger partial charge is 0.393 e. The highest BCUT2D eigenvalue weighted by Crippen LogP contribution is 2.20. The number of aliphatic hydroxyl groups is 1. The third-order valence-electron chi connectivity index (χ3n) is 3.62. The Balaban J connectivity index is 1.86. The van der Waals surface area contributed by atoms with E-state index in [0.717, 1.165) is 39.1 Å². The van der Waals surface area contributed by atoms with E-state index in [4.69, 9.17) is 4.74 Å². The molecule has 2 rings (SSSR count). The molecule has 3 nitrogen and oxygen atoms in total. The molecule has 0 bridgehead atoms. The summed E-state index contributed by atoms with van der Waals surface area (Å²) in [5, 5.41) is 13.2. The number of rotatable bonds is 7. The third-order valence-corrected chi connectivity index (χ3v) is 3.62. The van der Waals surface area contributed by atoms with Crippen molar-refractivity contribution in [3.8, 4) is 0 Å². The van der Waals surface area contributed by atoms with Gasteiger partial charge in [0.15, 0.2) is 0 Å². The minimum atomic E-state index is -0.278. The quantitative estimate of drug-likeness (QED) is 0.751. The van der Waals surface area contributed by atoms with Gasteiger partial charge in [-0.3, -0.25) is 0 Å². The van der Waals surface area contributed by atoms with Crippen LogP contribution in [0.2, 0.25) is 0 Å². The monoisotopic (exact) mass is 275 g/mol. The molecule has 20 heavy (non-hydrogen) atoms. The summed E-state index contributed by atoms with van der Waals surface area (Å²) in [6, 6.07) is 10.4. The van der Waals surface area contributed by atoms with Gasteiger partial charge in [0.1, 0.15) is 0 Å². The molecule has 0 saturated carbocycles. The van der Waals surface area contributed by atoms with E-state index >= 15 is 0 Å². The first kappa shape index (κ1) is 15.2. The van der Waals surface area contributed by atoms with Gasteiger partial charge in [0.05, 0.1) is 19.3 Å². The Morgan fingerprint density at radius 1 is 1.30 bits per heavy atom. The molecule has 0 spiro atoms. The van der Waals surface area contributed by atoms with Gasteiger partial charge in [-0.15, -0.1) is 0 Å². The number of nitrogens with one attached hydrogen (secondary N) is 1. The molecule has 2 atom stereocenters. The van der Waals surface area contributed by atoms with Crippen LogP contribution in [0.5, 0.6) is 0 Å². The van der Waals surface area contributed by atoms with Gasteiger partial charge in [-0.05, 0) is 36.8 Å². The van der Waals surface area contributed by atoms with Crippen LogP contribution in [0.25, 0.3) is 0 Å². The first-order valence-corrected chi connectivity index (χ1v) is 7.45. The molecule has 110 valence electrons. The molecule has 1 aliphatic rings. The highest BCUT2D eigenvalue weighted by molar-refractivity contribution is 5.20. The van der Waals surface area contributed by atoms with E-state index in [0.29, 0.717) is 5.92 Å². The van der Waals surface area contributed by atoms with Gasteiger partial charge in [0.2, 0.25) is 0 Å². The van der Waals surface area contributed by atoms with E-state index in [9.17, 15) is 5.11 Å². The minimum absolute atomic E-state index is 0.278. The molecular formula is C17H25NO2. The molecule has 1 aromatic carbocycles. The van der Waals surface area contributed by atoms with Crippen LogP contribution in [0.4, 0.5) is 0 Å². The van der Waals surface area contributed by atoms with Crippen molar-refractivity contribution in [3.63, 3.8) is 0 Å². The van der Waals surface area contributed by atoms with Crippen LogP contribution in [-0.4, -0.2) is 37.5 Å². The predicted octanol–water partition coefficient (Wildman–Crippen LogP) is 2.48. The first-order chi connectivity index (χ1) is 9.75. The number of ether oxygens (including phenoxy) is 1. The van der Waals surface area contributed by atoms with Gasteiger partial charge in [0, 0.05) is 13.1 Å². The molecule has 0 fully saturated rings. The number of aliphatic hydroxyl groups excluding tert-OH is 1. The zero-order valence-corrected chi connectivity index (χ0v) is 12.2. The maximum atomic E-state index is 9.67. The number of hydrogen-bond donors (Lipinski definition) is 2. The van der Waals surface area contributed by atoms with Gasteiger partial charge >= 0.3 is 0 Å². The summed E-state index contributed by atoms with van der Waals surface area (Å²) < 4.78 is 5.44. The Morgan fingerprint density at radius 2 is 2.10 bits per heavy atom. The molecule has 0 aliphatic carbocycles. The lowest BCUT2D eigenvalue weighted by molar-refractivity contribution is 0.148. The van der Waals surface area contributed by atoms with Gasteiger partial charge in [0.25, 0.3) is 0 Å². The van der Waals surface area contributed by atoms with Gasteiger partial charge in [-0.2, -0.15) is 0 Å². The fourth-order valence-electron chi connectivity index (χ4n) is 2.61. The Bertz CT molecular complexity index is 414. The summed E-state index contributed by atoms with van der Waals surface area (Å²) in [6.45, 7) is 5.21. The van der Waals surface area contributed by atoms with Crippen LogP contribution in [0.1, 0.15) is 31.2 Å². The zero-order chi connectivity index (χ0) is 14.2. The second-order valence-electron chi connectivity index (χ2n) is 5.53. The Kier molecular flexibility index (Phi) is 6.25. The average molecular weight is 275 g/mol. The SMILES string of the molecule is CC(O)CC(CNCC1=CCCOC1)c1ccccc1. The molecule has 0 aromatic heterocycles. The normalized spacial score (nSPS) is 18.4. The van der Waals surface area contributed by atoms with Crippen molar-refractivity contribution in [2.24, 2.45) is 0 Å². The second-order valence-corrected chi connectivity index (χ2v) is 5.53. The number of hydrogen-bond acceptors (Lipinski definition) is 3. The molecule has 1 heterocycles. The van der Waals surface area contributed by atoms with Crippen molar-refractivity contribution in [2.75, 3.05) is 26.3 Å². The van der Waals surface area contributed by atoms with Crippen molar-refractivity contribution >= 4 is 0 Å². The predicted molar refractivity (Wildman–Crippen MR) is 81.9 cm³/mol. The smallest absolute Gasteiger partial charge is 0.0689 e. The second kappa shape index (κ2) is 8.20. The number of benzene rings is 1. The molecular weight excluding hydrogens is 250 g/mol. The molecule has 1 aromatic rings. The van der Waals surface area contributed by atoms with Crippen molar-refractivity contribution in [1.82, 2.24) is 5.32 Å². The van der Waals surface area contributed by atoms with Crippen molar-refractivity contribution in [1.29, 1.82) is 0 Å². The fourth-order valence-corrected chi connectivity index (χ4v) is 2.61. The van der Waals surface area contributed by atoms with E-state index in [2.05, 4.69) is 35.7 Å². The summed E-state index contributed by atoms with van der Waals surface area (Å²) in [5.41, 5.74) is 2.62. The van der Waals surface area contributed by atoms with Crippen molar-refractivity contribution in [2.45, 2.75) is 31.8 Å². The van der Waals surface area contributed by atoms with E-state index in [1.807, 2.05) is 13.0 Å². The summed E-state index contributed by atoms with van der Waals surface area (Å²) in [6.07, 6.45) is 3.79. The van der Waals surface area contributed by atoms with E-state index < -0.39 is 0 Å². The Hall–Kier alpha value is -1.16. The third kappa shape index (κ3) is 5.08. The molecule has 0 saturated heterocycles. The maximum Gasteiger partial charge on any atom is 0.0689 e. The van der Waals surface area contributed by atoms with Crippen LogP contribution >= 0.6 is 0 Å². The van der Waals surface area contributed by atoms with Crippen molar-refractivity contribution < 1.29 is 9.84 Å². The van der Waals surface area contributed by atoms with Crippen LogP contribution in [0.15, 0.2) is 42.0 Å². The summed E-state index contributed by atoms with van der Waals surface area (Å²) in [4.78, 5) is 0. The minimum Gasteiger partial charge on any atom is -0.393 e. The highest BCUT2D eigenvalue weighted by atomic mass is 16.5. The molecule has 1 aliphatic heterocycles. The van der Waals surface area contributed by atoms with Crippen LogP contribution in [-0.2, 0) is 4.74 Å². The first-order valence-electron chi connectivity index (χ1n) is 7.45. The molecule has 3 heteroatoms. The lowest BCUT2D eigenvalue weighted by Gasteiger charge is -2.21. The maximum absolute atomic E-state index is 9.67. The van der Waals surface area contributed by atoms with E-state index in [-0.39, 0.29) is 6.10 Å². The lowest BCUT2D eigenvalue weighted by atomic mass is 9.93. The topological polar surface area (TPSA) is 41.5 Å². The Labute approximate surface area is 121 Å². The molecule has 0 radical (unpaired) electrons. The van der Waals surface area contributed by atoms with Crippen LogP contribution < -0.4 is 5.32 Å². The Morgan fingerprint density at radius 3 is 2.75 bits per heavy atom. The van der Waals surface area contributed by atoms with Crippen molar-refractivity contribution in [3.05, 3.63) is 47.5 Å². The lowest BCUT2D eigenvalue weighted by Crippen LogP contribution is -2.27. The highest BCUT2D eigenvalue weighted by Gasteiger charge is 2.14. The zero-order valence-electron chi connectivity index (χ0n) is 12.2. The molecule has 2 unspecified atom stereocenters. The summed E-state index contributed by atoms with van der Waals surface area (Å²) in [7, 11) is 0. The van der Waals surface area contributed by atoms with Crippen LogP contribution in [0, 0.1) is 0 Å². The van der Waals surface area contributed by atoms with E-state index in [1.165, 1.54) is 11.1 Å². The molecule has 2 N–H and O–H groups in total. The average Bonchev–Trinajstić information content (AvgIpc) is 2.48.